The summed E-state index contributed by atoms with van der Waals surface area (Å²) in [5.41, 5.74) is 2.81. The Bertz CT molecular complexity index is 1120. The zero-order valence-corrected chi connectivity index (χ0v) is 16.2. The molecule has 0 N–H and O–H groups in total. The topological polar surface area (TPSA) is 18.5 Å². The van der Waals surface area contributed by atoms with Crippen molar-refractivity contribution < 1.29 is 9.31 Å². The van der Waals surface area contributed by atoms with Gasteiger partial charge in [-0.15, -0.1) is 0 Å². The molecule has 0 unspecified atom stereocenters. The summed E-state index contributed by atoms with van der Waals surface area (Å²) in [4.78, 5) is 0. The van der Waals surface area contributed by atoms with Crippen molar-refractivity contribution in [1.82, 2.24) is 0 Å². The highest BCUT2D eigenvalue weighted by atomic mass is 16.7. The molecule has 2 aliphatic rings. The number of benzene rings is 3. The van der Waals surface area contributed by atoms with Crippen molar-refractivity contribution in [3.8, 4) is 0 Å². The fraction of sp³-hybridized carbons (Fsp3) is 0.250. The molecule has 1 heterocycles. The second-order valence-corrected chi connectivity index (χ2v) is 8.41. The van der Waals surface area contributed by atoms with Gasteiger partial charge in [0.1, 0.15) is 17.7 Å². The Morgan fingerprint density at radius 3 is 2.41 bits per heavy atom. The molecule has 0 aromatic heterocycles. The molecule has 0 radical (unpaired) electrons. The number of allylic oxidation sites excluding steroid dienone is 2. The van der Waals surface area contributed by atoms with Gasteiger partial charge in [-0.05, 0) is 55.4 Å². The lowest BCUT2D eigenvalue weighted by Gasteiger charge is -2.32. The fourth-order valence-electron chi connectivity index (χ4n) is 4.00. The van der Waals surface area contributed by atoms with E-state index in [1.165, 1.54) is 32.7 Å². The van der Waals surface area contributed by atoms with Crippen LogP contribution in [0.25, 0.3) is 33.7 Å². The van der Waals surface area contributed by atoms with E-state index in [-0.39, 0.29) is 18.3 Å². The Labute approximate surface area is 160 Å². The van der Waals surface area contributed by atoms with E-state index in [1.807, 2.05) is 12.2 Å². The van der Waals surface area contributed by atoms with Crippen LogP contribution >= 0.6 is 0 Å². The monoisotopic (exact) mass is 353 g/mol. The van der Waals surface area contributed by atoms with Crippen LogP contribution in [0.4, 0.5) is 0 Å². The Hall–Kier alpha value is -2.45. The van der Waals surface area contributed by atoms with Crippen molar-refractivity contribution in [2.24, 2.45) is 0 Å². The summed E-state index contributed by atoms with van der Waals surface area (Å²) in [6.45, 7) is 8.39. The smallest absolute Gasteiger partial charge is 0.399 e. The third-order valence-corrected chi connectivity index (χ3v) is 6.22. The van der Waals surface area contributed by atoms with Crippen LogP contribution in [0, 0.1) is 6.08 Å². The first-order chi connectivity index (χ1) is 12.9. The third kappa shape index (κ3) is 2.40. The van der Waals surface area contributed by atoms with E-state index in [0.29, 0.717) is 0 Å². The first-order valence-electron chi connectivity index (χ1n) is 9.47. The van der Waals surface area contributed by atoms with Crippen LogP contribution in [-0.4, -0.2) is 18.3 Å². The minimum atomic E-state index is -0.380. The summed E-state index contributed by atoms with van der Waals surface area (Å²) >= 11 is 0. The van der Waals surface area contributed by atoms with E-state index in [0.717, 1.165) is 5.46 Å². The summed E-state index contributed by atoms with van der Waals surface area (Å²) in [5.74, 6) is 0. The lowest BCUT2D eigenvalue weighted by molar-refractivity contribution is 0.00578. The van der Waals surface area contributed by atoms with Gasteiger partial charge in [0.25, 0.3) is 0 Å². The number of fused-ring (bicyclic) bond motifs is 5. The molecule has 3 aromatic rings. The molecular weight excluding hydrogens is 331 g/mol. The van der Waals surface area contributed by atoms with Crippen LogP contribution in [0.3, 0.4) is 0 Å². The van der Waals surface area contributed by atoms with Crippen LogP contribution in [0.1, 0.15) is 38.8 Å². The van der Waals surface area contributed by atoms with Crippen LogP contribution < -0.4 is 5.46 Å². The van der Waals surface area contributed by atoms with E-state index >= 15 is 0 Å². The van der Waals surface area contributed by atoms with Gasteiger partial charge in [0.05, 0.1) is 22.8 Å². The molecule has 5 rings (SSSR count). The normalized spacial score (nSPS) is 19.5. The molecule has 3 aromatic carbocycles. The first kappa shape index (κ1) is 16.7. The van der Waals surface area contributed by atoms with Gasteiger partial charge >= 0.3 is 7.12 Å². The van der Waals surface area contributed by atoms with Crippen LogP contribution in [0.2, 0.25) is 0 Å². The van der Waals surface area contributed by atoms with E-state index < -0.39 is 0 Å². The van der Waals surface area contributed by atoms with Crippen molar-refractivity contribution in [3.63, 3.8) is 0 Å². The molecule has 132 valence electrons. The van der Waals surface area contributed by atoms with Crippen molar-refractivity contribution in [2.45, 2.75) is 38.9 Å². The largest absolute Gasteiger partial charge is 0.495 e. The van der Waals surface area contributed by atoms with E-state index in [9.17, 15) is 0 Å². The van der Waals surface area contributed by atoms with Crippen LogP contribution in [-0.2, 0) is 9.31 Å². The highest BCUT2D eigenvalue weighted by Crippen LogP contribution is 2.38. The number of hydrogen-bond acceptors (Lipinski definition) is 2. The van der Waals surface area contributed by atoms with Crippen LogP contribution in [0.5, 0.6) is 0 Å². The molecule has 1 aliphatic heterocycles. The van der Waals surface area contributed by atoms with Gasteiger partial charge in [0.15, 0.2) is 0 Å². The fourth-order valence-corrected chi connectivity index (χ4v) is 4.00. The van der Waals surface area contributed by atoms with E-state index in [1.54, 1.807) is 0 Å². The first-order valence-corrected chi connectivity index (χ1v) is 9.47. The molecule has 0 spiro atoms. The predicted octanol–water partition coefficient (Wildman–Crippen LogP) is 5.14. The standard InChI is InChI=1S/C24H22BO2/c1-23(2)24(3,4)27-25(26-23)21-15-17-10-6-8-12-19(17)22-18-11-7-5-9-16(18)13-14-20(21)22/h6-15H,1-4H3/q+1. The summed E-state index contributed by atoms with van der Waals surface area (Å²) in [7, 11) is -0.380. The molecule has 3 heteroatoms. The van der Waals surface area contributed by atoms with Gasteiger partial charge in [0.2, 0.25) is 0 Å². The molecule has 0 amide bonds. The molecule has 1 aliphatic carbocycles. The Balaban J connectivity index is 1.84. The third-order valence-electron chi connectivity index (χ3n) is 6.22. The lowest BCUT2D eigenvalue weighted by atomic mass is 9.73. The van der Waals surface area contributed by atoms with Crippen molar-refractivity contribution in [2.75, 3.05) is 0 Å². The highest BCUT2D eigenvalue weighted by molar-refractivity contribution is 6.66. The maximum Gasteiger partial charge on any atom is 0.495 e. The zero-order chi connectivity index (χ0) is 18.8. The zero-order valence-electron chi connectivity index (χ0n) is 16.2. The second kappa shape index (κ2) is 5.53. The molecular formula is C24H22BO2+. The maximum absolute atomic E-state index is 6.39. The molecule has 0 atom stereocenters. The summed E-state index contributed by atoms with van der Waals surface area (Å²) in [5, 5.41) is 4.90. The average Bonchev–Trinajstić information content (AvgIpc) is 2.87. The van der Waals surface area contributed by atoms with Crippen molar-refractivity contribution in [3.05, 3.63) is 65.7 Å². The molecule has 1 fully saturated rings. The minimum Gasteiger partial charge on any atom is -0.399 e. The predicted molar refractivity (Wildman–Crippen MR) is 114 cm³/mol. The number of hydrogen-bond donors (Lipinski definition) is 0. The Kier molecular flexibility index (Phi) is 3.42. The Morgan fingerprint density at radius 2 is 1.63 bits per heavy atom. The molecule has 2 nitrogen and oxygen atoms in total. The molecule has 0 bridgehead atoms. The summed E-state index contributed by atoms with van der Waals surface area (Å²) in [6.07, 6.45) is 9.37. The molecule has 1 saturated heterocycles. The maximum atomic E-state index is 6.39. The number of rotatable bonds is 1. The van der Waals surface area contributed by atoms with Gasteiger partial charge in [-0.25, -0.2) is 0 Å². The van der Waals surface area contributed by atoms with Gasteiger partial charge < -0.3 is 9.31 Å². The lowest BCUT2D eigenvalue weighted by Crippen LogP contribution is -2.41. The summed E-state index contributed by atoms with van der Waals surface area (Å²) in [6, 6.07) is 15.1. The van der Waals surface area contributed by atoms with Gasteiger partial charge in [0, 0.05) is 17.5 Å². The van der Waals surface area contributed by atoms with Gasteiger partial charge in [-0.3, -0.25) is 0 Å². The average molecular weight is 353 g/mol. The highest BCUT2D eigenvalue weighted by Gasteiger charge is 2.52. The Morgan fingerprint density at radius 1 is 0.889 bits per heavy atom. The second-order valence-electron chi connectivity index (χ2n) is 8.41. The summed E-state index contributed by atoms with van der Waals surface area (Å²) < 4.78 is 12.8. The molecule has 0 saturated carbocycles. The molecule has 27 heavy (non-hydrogen) atoms. The van der Waals surface area contributed by atoms with Crippen molar-refractivity contribution >= 4 is 46.3 Å². The quantitative estimate of drug-likeness (QED) is 0.343. The SMILES string of the molecule is CC1(C)OB(c2cc3ccccc3c3c4c(ccc23)C=[C+]C=C4)OC1(C)C. The van der Waals surface area contributed by atoms with E-state index in [2.05, 4.69) is 82.3 Å². The minimum absolute atomic E-state index is 0.360. The van der Waals surface area contributed by atoms with E-state index in [4.69, 9.17) is 9.31 Å². The van der Waals surface area contributed by atoms with Gasteiger partial charge in [-0.2, -0.15) is 0 Å². The van der Waals surface area contributed by atoms with Crippen molar-refractivity contribution in [1.29, 1.82) is 0 Å². The van der Waals surface area contributed by atoms with Gasteiger partial charge in [-0.1, -0.05) is 30.3 Å². The van der Waals surface area contributed by atoms with Crippen LogP contribution in [0.15, 0.2) is 48.5 Å².